The molecule has 2 nitrogen and oxygen atoms in total. The Kier molecular flexibility index (Phi) is 3.76. The molecular formula is C14H18F3NO. The number of alkyl halides is 3. The lowest BCUT2D eigenvalue weighted by molar-refractivity contribution is -0.274. The summed E-state index contributed by atoms with van der Waals surface area (Å²) in [6.07, 6.45) is -2.13. The molecule has 106 valence electrons. The van der Waals surface area contributed by atoms with Crippen LogP contribution in [0.25, 0.3) is 0 Å². The number of benzene rings is 1. The zero-order valence-corrected chi connectivity index (χ0v) is 11.1. The summed E-state index contributed by atoms with van der Waals surface area (Å²) in [7, 11) is 0. The zero-order chi connectivity index (χ0) is 14.1. The van der Waals surface area contributed by atoms with E-state index in [1.165, 1.54) is 25.0 Å². The van der Waals surface area contributed by atoms with Crippen molar-refractivity contribution in [3.63, 3.8) is 0 Å². The molecule has 0 atom stereocenters. The first-order valence-electron chi connectivity index (χ1n) is 6.36. The maximum atomic E-state index is 12.0. The lowest BCUT2D eigenvalue weighted by Gasteiger charge is -2.26. The first-order valence-corrected chi connectivity index (χ1v) is 6.36. The van der Waals surface area contributed by atoms with Crippen molar-refractivity contribution in [3.05, 3.63) is 29.8 Å². The highest BCUT2D eigenvalue weighted by molar-refractivity contribution is 5.27. The van der Waals surface area contributed by atoms with Gasteiger partial charge in [-0.1, -0.05) is 12.1 Å². The van der Waals surface area contributed by atoms with Crippen LogP contribution in [0.15, 0.2) is 24.3 Å². The Balaban J connectivity index is 1.88. The van der Waals surface area contributed by atoms with Crippen molar-refractivity contribution >= 4 is 0 Å². The predicted molar refractivity (Wildman–Crippen MR) is 66.8 cm³/mol. The first-order chi connectivity index (χ1) is 8.76. The molecule has 5 heteroatoms. The van der Waals surface area contributed by atoms with E-state index in [-0.39, 0.29) is 11.3 Å². The van der Waals surface area contributed by atoms with Crippen LogP contribution in [-0.4, -0.2) is 11.9 Å². The minimum atomic E-state index is -4.63. The highest BCUT2D eigenvalue weighted by Crippen LogP contribution is 2.39. The van der Waals surface area contributed by atoms with Crippen molar-refractivity contribution < 1.29 is 17.9 Å². The third-order valence-electron chi connectivity index (χ3n) is 3.50. The van der Waals surface area contributed by atoms with Crippen LogP contribution in [0, 0.1) is 5.92 Å². The van der Waals surface area contributed by atoms with E-state index >= 15 is 0 Å². The van der Waals surface area contributed by atoms with Crippen LogP contribution in [-0.2, 0) is 6.54 Å². The van der Waals surface area contributed by atoms with Gasteiger partial charge in [-0.25, -0.2) is 0 Å². The van der Waals surface area contributed by atoms with Gasteiger partial charge in [0.05, 0.1) is 0 Å². The van der Waals surface area contributed by atoms with Gasteiger partial charge in [-0.15, -0.1) is 13.2 Å². The number of halogens is 3. The summed E-state index contributed by atoms with van der Waals surface area (Å²) in [5.74, 6) is 0.526. The molecule has 19 heavy (non-hydrogen) atoms. The summed E-state index contributed by atoms with van der Waals surface area (Å²) in [4.78, 5) is 0. The molecule has 0 heterocycles. The van der Waals surface area contributed by atoms with E-state index in [9.17, 15) is 13.2 Å². The summed E-state index contributed by atoms with van der Waals surface area (Å²) in [6.45, 7) is 4.97. The minimum absolute atomic E-state index is 0.0845. The average molecular weight is 273 g/mol. The van der Waals surface area contributed by atoms with Gasteiger partial charge in [-0.2, -0.15) is 0 Å². The van der Waals surface area contributed by atoms with E-state index in [2.05, 4.69) is 23.9 Å². The third-order valence-corrected chi connectivity index (χ3v) is 3.50. The lowest BCUT2D eigenvalue weighted by Crippen LogP contribution is -2.40. The van der Waals surface area contributed by atoms with Gasteiger partial charge in [0.2, 0.25) is 0 Å². The molecule has 0 spiro atoms. The van der Waals surface area contributed by atoms with Gasteiger partial charge in [0.25, 0.3) is 0 Å². The fourth-order valence-corrected chi connectivity index (χ4v) is 2.09. The van der Waals surface area contributed by atoms with E-state index < -0.39 is 6.36 Å². The Hall–Kier alpha value is -1.23. The SMILES string of the molecule is CC(C)(NCc1ccc(OC(F)(F)F)cc1)C1CC1. The van der Waals surface area contributed by atoms with Crippen LogP contribution in [0.5, 0.6) is 5.75 Å². The summed E-state index contributed by atoms with van der Waals surface area (Å²) in [5, 5.41) is 3.44. The Labute approximate surface area is 111 Å². The van der Waals surface area contributed by atoms with Crippen LogP contribution < -0.4 is 10.1 Å². The van der Waals surface area contributed by atoms with Crippen LogP contribution in [0.3, 0.4) is 0 Å². The van der Waals surface area contributed by atoms with Gasteiger partial charge >= 0.3 is 6.36 Å². The maximum absolute atomic E-state index is 12.0. The lowest BCUT2D eigenvalue weighted by atomic mass is 9.98. The van der Waals surface area contributed by atoms with E-state index in [1.54, 1.807) is 12.1 Å². The molecular weight excluding hydrogens is 255 g/mol. The highest BCUT2D eigenvalue weighted by Gasteiger charge is 2.37. The van der Waals surface area contributed by atoms with Crippen LogP contribution in [0.1, 0.15) is 32.3 Å². The van der Waals surface area contributed by atoms with E-state index in [1.807, 2.05) is 0 Å². The molecule has 0 saturated heterocycles. The topological polar surface area (TPSA) is 21.3 Å². The summed E-state index contributed by atoms with van der Waals surface area (Å²) in [6, 6.07) is 5.98. The number of nitrogens with one attached hydrogen (secondary N) is 1. The van der Waals surface area contributed by atoms with E-state index in [0.29, 0.717) is 12.5 Å². The maximum Gasteiger partial charge on any atom is 0.573 e. The Morgan fingerprint density at radius 1 is 1.16 bits per heavy atom. The molecule has 0 radical (unpaired) electrons. The molecule has 1 aliphatic rings. The van der Waals surface area contributed by atoms with E-state index in [4.69, 9.17) is 0 Å². The van der Waals surface area contributed by atoms with Crippen LogP contribution in [0.4, 0.5) is 13.2 Å². The molecule has 1 aromatic carbocycles. The van der Waals surface area contributed by atoms with Crippen molar-refractivity contribution in [2.45, 2.75) is 45.1 Å². The van der Waals surface area contributed by atoms with Crippen molar-refractivity contribution in [1.82, 2.24) is 5.32 Å². The van der Waals surface area contributed by atoms with Crippen LogP contribution in [0.2, 0.25) is 0 Å². The molecule has 0 amide bonds. The summed E-state index contributed by atoms with van der Waals surface area (Å²) >= 11 is 0. The van der Waals surface area contributed by atoms with Crippen molar-refractivity contribution in [1.29, 1.82) is 0 Å². The number of rotatable bonds is 5. The number of ether oxygens (including phenoxy) is 1. The second kappa shape index (κ2) is 5.04. The minimum Gasteiger partial charge on any atom is -0.406 e. The number of hydrogen-bond donors (Lipinski definition) is 1. The highest BCUT2D eigenvalue weighted by atomic mass is 19.4. The predicted octanol–water partition coefficient (Wildman–Crippen LogP) is 3.86. The van der Waals surface area contributed by atoms with Crippen molar-refractivity contribution in [3.8, 4) is 5.75 Å². The first kappa shape index (κ1) is 14.2. The molecule has 2 rings (SSSR count). The van der Waals surface area contributed by atoms with Crippen molar-refractivity contribution in [2.75, 3.05) is 0 Å². The number of hydrogen-bond acceptors (Lipinski definition) is 2. The van der Waals surface area contributed by atoms with E-state index in [0.717, 1.165) is 5.56 Å². The van der Waals surface area contributed by atoms with Gasteiger partial charge < -0.3 is 10.1 Å². The van der Waals surface area contributed by atoms with Gasteiger partial charge in [0, 0.05) is 12.1 Å². The van der Waals surface area contributed by atoms with Crippen LogP contribution >= 0.6 is 0 Å². The standard InChI is InChI=1S/C14H18F3NO/c1-13(2,11-5-6-11)18-9-10-3-7-12(8-4-10)19-14(15,16)17/h3-4,7-8,11,18H,5-6,9H2,1-2H3. The molecule has 1 fully saturated rings. The normalized spacial score (nSPS) is 16.5. The molecule has 1 saturated carbocycles. The molecule has 1 aliphatic carbocycles. The fraction of sp³-hybridized carbons (Fsp3) is 0.571. The summed E-state index contributed by atoms with van der Waals surface area (Å²) < 4.78 is 39.9. The monoisotopic (exact) mass is 273 g/mol. The average Bonchev–Trinajstić information content (AvgIpc) is 3.10. The Morgan fingerprint density at radius 2 is 1.74 bits per heavy atom. The van der Waals surface area contributed by atoms with Gasteiger partial charge in [0.1, 0.15) is 5.75 Å². The largest absolute Gasteiger partial charge is 0.573 e. The third kappa shape index (κ3) is 4.42. The summed E-state index contributed by atoms with van der Waals surface area (Å²) in [5.41, 5.74) is 1.03. The molecule has 0 unspecified atom stereocenters. The Bertz CT molecular complexity index is 421. The molecule has 1 aromatic rings. The second-order valence-electron chi connectivity index (χ2n) is 5.54. The van der Waals surface area contributed by atoms with Gasteiger partial charge in [0.15, 0.2) is 0 Å². The smallest absolute Gasteiger partial charge is 0.406 e. The van der Waals surface area contributed by atoms with Gasteiger partial charge in [-0.05, 0) is 50.3 Å². The molecule has 0 aromatic heterocycles. The quantitative estimate of drug-likeness (QED) is 0.879. The zero-order valence-electron chi connectivity index (χ0n) is 11.1. The van der Waals surface area contributed by atoms with Gasteiger partial charge in [-0.3, -0.25) is 0 Å². The molecule has 0 bridgehead atoms. The second-order valence-corrected chi connectivity index (χ2v) is 5.54. The molecule has 1 N–H and O–H groups in total. The molecule has 0 aliphatic heterocycles. The Morgan fingerprint density at radius 3 is 2.21 bits per heavy atom. The van der Waals surface area contributed by atoms with Crippen molar-refractivity contribution in [2.24, 2.45) is 5.92 Å². The fourth-order valence-electron chi connectivity index (χ4n) is 2.09.